The van der Waals surface area contributed by atoms with E-state index < -0.39 is 0 Å². The number of hydrogen-bond donors (Lipinski definition) is 7. The molecule has 1 aromatic carbocycles. The first-order valence-electron chi connectivity index (χ1n) is 22.1. The van der Waals surface area contributed by atoms with Gasteiger partial charge in [-0.2, -0.15) is 0 Å². The summed E-state index contributed by atoms with van der Waals surface area (Å²) in [5.41, 5.74) is 2.06. The molecule has 2 rings (SSSR count). The number of Topliss-reactive ketones (excluding diaryl/α,β-unsaturated/α-hetero) is 1. The summed E-state index contributed by atoms with van der Waals surface area (Å²) in [4.78, 5) is 79.5. The molecule has 7 N–H and O–H groups in total. The number of aromatic amines is 1. The van der Waals surface area contributed by atoms with E-state index in [2.05, 4.69) is 50.7 Å². The van der Waals surface area contributed by atoms with Crippen LogP contribution in [0.5, 0.6) is 0 Å². The number of amides is 5. The maximum absolute atomic E-state index is 13.3. The second kappa shape index (κ2) is 26.8. The van der Waals surface area contributed by atoms with Gasteiger partial charge in [0.05, 0.1) is 0 Å². The van der Waals surface area contributed by atoms with Gasteiger partial charge in [0.15, 0.2) is 0 Å². The normalized spacial score (nSPS) is 14.7. The molecule has 2 aromatic rings. The van der Waals surface area contributed by atoms with Gasteiger partial charge in [-0.3, -0.25) is 24.0 Å². The predicted molar refractivity (Wildman–Crippen MR) is 236 cm³/mol. The van der Waals surface area contributed by atoms with Crippen molar-refractivity contribution in [3.8, 4) is 0 Å². The van der Waals surface area contributed by atoms with Crippen molar-refractivity contribution < 1.29 is 28.8 Å². The van der Waals surface area contributed by atoms with E-state index in [9.17, 15) is 28.8 Å². The maximum atomic E-state index is 13.3. The number of rotatable bonds is 29. The van der Waals surface area contributed by atoms with Crippen LogP contribution in [-0.2, 0) is 35.2 Å². The Labute approximate surface area is 353 Å². The van der Waals surface area contributed by atoms with Crippen LogP contribution < -0.4 is 31.9 Å². The highest BCUT2D eigenvalue weighted by molar-refractivity contribution is 5.84. The minimum absolute atomic E-state index is 0.0127. The lowest BCUT2D eigenvalue weighted by molar-refractivity contribution is -0.125. The van der Waals surface area contributed by atoms with Crippen molar-refractivity contribution in [2.24, 2.45) is 17.8 Å². The van der Waals surface area contributed by atoms with Crippen molar-refractivity contribution in [1.82, 2.24) is 36.9 Å². The number of fused-ring (bicyclic) bond motifs is 1. The molecule has 0 saturated carbocycles. The molecule has 0 radical (unpaired) electrons. The van der Waals surface area contributed by atoms with Crippen molar-refractivity contribution in [1.29, 1.82) is 0 Å². The number of hydrogen-bond acceptors (Lipinski definition) is 7. The Bertz CT molecular complexity index is 1620. The molecule has 0 aliphatic carbocycles. The van der Waals surface area contributed by atoms with Crippen LogP contribution in [0.1, 0.15) is 145 Å². The average Bonchev–Trinajstić information content (AvgIpc) is 3.57. The summed E-state index contributed by atoms with van der Waals surface area (Å²) in [5.74, 6) is 0.328. The zero-order chi connectivity index (χ0) is 44.1. The molecule has 59 heavy (non-hydrogen) atoms. The Morgan fingerprint density at radius 1 is 0.525 bits per heavy atom. The minimum Gasteiger partial charge on any atom is -0.361 e. The number of carbonyl (C=O) groups is 6. The number of nitrogens with one attached hydrogen (secondary N) is 7. The van der Waals surface area contributed by atoms with Gasteiger partial charge in [-0.25, -0.2) is 0 Å². The topological polar surface area (TPSA) is 190 Å². The monoisotopic (exact) mass is 824 g/mol. The first kappa shape index (κ1) is 50.9. The molecule has 13 nitrogen and oxygen atoms in total. The van der Waals surface area contributed by atoms with E-state index >= 15 is 0 Å². The predicted octanol–water partition coefficient (Wildman–Crippen LogP) is 6.00. The van der Waals surface area contributed by atoms with E-state index in [1.807, 2.05) is 79.1 Å². The van der Waals surface area contributed by atoms with E-state index in [-0.39, 0.29) is 109 Å². The average molecular weight is 824 g/mol. The van der Waals surface area contributed by atoms with Crippen LogP contribution in [-0.4, -0.2) is 83.6 Å². The number of ketones is 1. The van der Waals surface area contributed by atoms with Crippen molar-refractivity contribution >= 4 is 46.2 Å². The second-order valence-electron chi connectivity index (χ2n) is 17.7. The van der Waals surface area contributed by atoms with Crippen molar-refractivity contribution in [3.63, 3.8) is 0 Å². The summed E-state index contributed by atoms with van der Waals surface area (Å²) in [7, 11) is 1.91. The first-order chi connectivity index (χ1) is 27.9. The molecular weight excluding hydrogens is 747 g/mol. The lowest BCUT2D eigenvalue weighted by Gasteiger charge is -2.24. The van der Waals surface area contributed by atoms with Gasteiger partial charge < -0.3 is 41.7 Å². The van der Waals surface area contributed by atoms with Gasteiger partial charge in [0.1, 0.15) is 5.78 Å². The maximum Gasteiger partial charge on any atom is 0.220 e. The van der Waals surface area contributed by atoms with Gasteiger partial charge in [0.2, 0.25) is 29.5 Å². The highest BCUT2D eigenvalue weighted by Crippen LogP contribution is 2.21. The Hall–Kier alpha value is -4.26. The Morgan fingerprint density at radius 3 is 1.44 bits per heavy atom. The zero-order valence-electron chi connectivity index (χ0n) is 37.7. The molecule has 13 heteroatoms. The third kappa shape index (κ3) is 20.5. The van der Waals surface area contributed by atoms with Gasteiger partial charge in [-0.1, -0.05) is 59.7 Å². The van der Waals surface area contributed by atoms with Gasteiger partial charge in [0, 0.05) is 91.9 Å². The number of aromatic nitrogens is 1. The molecule has 6 atom stereocenters. The number of H-pyrrole nitrogens is 1. The highest BCUT2D eigenvalue weighted by Gasteiger charge is 2.23. The molecule has 0 unspecified atom stereocenters. The first-order valence-corrected chi connectivity index (χ1v) is 22.1. The second-order valence-corrected chi connectivity index (χ2v) is 17.7. The Balaban J connectivity index is 1.85. The quantitative estimate of drug-likeness (QED) is 0.0524. The molecule has 332 valence electrons. The number of para-hydroxylation sites is 1. The third-order valence-corrected chi connectivity index (χ3v) is 11.3. The highest BCUT2D eigenvalue weighted by atomic mass is 16.2. The molecule has 0 aliphatic rings. The summed E-state index contributed by atoms with van der Waals surface area (Å²) < 4.78 is 0. The fourth-order valence-corrected chi connectivity index (χ4v) is 7.38. The zero-order valence-corrected chi connectivity index (χ0v) is 37.7. The van der Waals surface area contributed by atoms with Crippen LogP contribution in [0.3, 0.4) is 0 Å². The molecule has 0 fully saturated rings. The molecule has 1 aromatic heterocycles. The van der Waals surface area contributed by atoms with Crippen molar-refractivity contribution in [2.45, 2.75) is 182 Å². The van der Waals surface area contributed by atoms with Crippen LogP contribution in [0, 0.1) is 17.8 Å². The van der Waals surface area contributed by atoms with Crippen molar-refractivity contribution in [3.05, 3.63) is 36.0 Å². The lowest BCUT2D eigenvalue weighted by atomic mass is 9.97. The van der Waals surface area contributed by atoms with E-state index in [4.69, 9.17) is 0 Å². The van der Waals surface area contributed by atoms with E-state index in [1.165, 1.54) is 0 Å². The summed E-state index contributed by atoms with van der Waals surface area (Å²) in [5, 5.41) is 19.7. The fraction of sp³-hybridized carbons (Fsp3) is 0.696. The van der Waals surface area contributed by atoms with Crippen molar-refractivity contribution in [2.75, 3.05) is 7.05 Å². The van der Waals surface area contributed by atoms with Gasteiger partial charge in [-0.05, 0) is 102 Å². The van der Waals surface area contributed by atoms with Crippen LogP contribution in [0.15, 0.2) is 30.5 Å². The molecule has 0 aliphatic heterocycles. The van der Waals surface area contributed by atoms with Gasteiger partial charge >= 0.3 is 0 Å². The summed E-state index contributed by atoms with van der Waals surface area (Å²) >= 11 is 0. The van der Waals surface area contributed by atoms with E-state index in [0.717, 1.165) is 22.9 Å². The Morgan fingerprint density at radius 2 is 0.949 bits per heavy atom. The van der Waals surface area contributed by atoms with Crippen LogP contribution in [0.2, 0.25) is 0 Å². The van der Waals surface area contributed by atoms with Gasteiger partial charge in [0.25, 0.3) is 0 Å². The summed E-state index contributed by atoms with van der Waals surface area (Å²) in [6.45, 7) is 17.7. The van der Waals surface area contributed by atoms with E-state index in [1.54, 1.807) is 6.92 Å². The molecule has 5 amide bonds. The standard InChI is InChI=1S/C46H77N7O6/c1-29(2)38(47-10)20-25-42(55)49-33(8)16-23-45(58)53-40(31(5)6)21-26-43(56)50-32(7)15-22-44(57)51-36(27-35-28-48-41-14-12-11-13-37(35)41)18-24-46(59)52-39(30(3)4)19-17-34(9)54/h11-14,28-33,36,38-40,47-48H,15-27H2,1-10H3,(H,49,55)(H,50,56)(H,51,57)(H,52,59)(H,53,58)/t32-,33-,36+,38+,39+,40+/m0/s1. The smallest absolute Gasteiger partial charge is 0.220 e. The largest absolute Gasteiger partial charge is 0.361 e. The SMILES string of the molecule is CN[C@H](CCC(=O)N[C@@H](C)CCC(=O)N[C@H](CCC(=O)N[C@@H](C)CCC(=O)N[C@H](CCC(=O)N[C@H](CCC(C)=O)C(C)C)Cc1c[nH]c2ccccc12)C(C)C)C(C)C. The van der Waals surface area contributed by atoms with Crippen LogP contribution in [0.4, 0.5) is 0 Å². The molecule has 0 saturated heterocycles. The third-order valence-electron chi connectivity index (χ3n) is 11.3. The molecule has 0 spiro atoms. The fourth-order valence-electron chi connectivity index (χ4n) is 7.38. The van der Waals surface area contributed by atoms with E-state index in [0.29, 0.717) is 57.3 Å². The lowest BCUT2D eigenvalue weighted by Crippen LogP contribution is -2.42. The Kier molecular flexibility index (Phi) is 23.1. The summed E-state index contributed by atoms with van der Waals surface area (Å²) in [6.07, 6.45) is 7.53. The van der Waals surface area contributed by atoms with Gasteiger partial charge in [-0.15, -0.1) is 0 Å². The molecular formula is C46H77N7O6. The van der Waals surface area contributed by atoms with Crippen LogP contribution in [0.25, 0.3) is 10.9 Å². The number of carbonyl (C=O) groups excluding carboxylic acids is 6. The molecule has 1 heterocycles. The number of benzene rings is 1. The van der Waals surface area contributed by atoms with Crippen LogP contribution >= 0.6 is 0 Å². The summed E-state index contributed by atoms with van der Waals surface area (Å²) in [6, 6.07) is 7.32. The minimum atomic E-state index is -0.289. The molecule has 0 bridgehead atoms.